The van der Waals surface area contributed by atoms with Gasteiger partial charge in [0.05, 0.1) is 25.8 Å². The first kappa shape index (κ1) is 13.3. The Bertz CT molecular complexity index is 647. The number of aliphatic carboxylic acids is 1. The molecule has 0 spiro atoms. The first-order chi connectivity index (χ1) is 9.10. The van der Waals surface area contributed by atoms with E-state index in [4.69, 9.17) is 9.84 Å². The van der Waals surface area contributed by atoms with E-state index in [1.807, 2.05) is 0 Å². The molecule has 0 saturated carbocycles. The van der Waals surface area contributed by atoms with Crippen LogP contribution in [0.5, 0.6) is 5.75 Å². The Hall–Kier alpha value is -2.15. The SMILES string of the molecule is COc1cccn(Cc2nc(CC(=O)O)cs2)c1=O. The highest BCUT2D eigenvalue weighted by molar-refractivity contribution is 7.09. The number of nitrogens with zero attached hydrogens (tertiary/aromatic N) is 2. The van der Waals surface area contributed by atoms with Gasteiger partial charge in [-0.05, 0) is 12.1 Å². The van der Waals surface area contributed by atoms with Crippen LogP contribution in [0.25, 0.3) is 0 Å². The van der Waals surface area contributed by atoms with Crippen LogP contribution in [-0.4, -0.2) is 27.7 Å². The summed E-state index contributed by atoms with van der Waals surface area (Å²) in [4.78, 5) is 26.7. The molecule has 0 radical (unpaired) electrons. The molecule has 1 N–H and O–H groups in total. The van der Waals surface area contributed by atoms with E-state index in [9.17, 15) is 9.59 Å². The number of methoxy groups -OCH3 is 1. The maximum atomic E-state index is 11.9. The maximum Gasteiger partial charge on any atom is 0.309 e. The van der Waals surface area contributed by atoms with E-state index in [-0.39, 0.29) is 17.7 Å². The number of hydrogen-bond donors (Lipinski definition) is 1. The molecule has 0 aliphatic heterocycles. The fourth-order valence-electron chi connectivity index (χ4n) is 1.60. The summed E-state index contributed by atoms with van der Waals surface area (Å²) in [6, 6.07) is 3.31. The molecular formula is C12H12N2O4S. The van der Waals surface area contributed by atoms with E-state index in [0.29, 0.717) is 17.2 Å². The number of thiazole rings is 1. The zero-order chi connectivity index (χ0) is 13.8. The fraction of sp³-hybridized carbons (Fsp3) is 0.250. The van der Waals surface area contributed by atoms with E-state index in [1.54, 1.807) is 23.7 Å². The lowest BCUT2D eigenvalue weighted by molar-refractivity contribution is -0.136. The summed E-state index contributed by atoms with van der Waals surface area (Å²) >= 11 is 1.33. The van der Waals surface area contributed by atoms with Crippen molar-refractivity contribution >= 4 is 17.3 Å². The smallest absolute Gasteiger partial charge is 0.309 e. The third-order valence-corrected chi connectivity index (χ3v) is 3.32. The van der Waals surface area contributed by atoms with E-state index in [1.165, 1.54) is 23.0 Å². The van der Waals surface area contributed by atoms with Crippen molar-refractivity contribution in [2.45, 2.75) is 13.0 Å². The minimum Gasteiger partial charge on any atom is -0.491 e. The summed E-state index contributed by atoms with van der Waals surface area (Å²) in [5.74, 6) is -0.653. The topological polar surface area (TPSA) is 81.4 Å². The number of carboxylic acids is 1. The normalized spacial score (nSPS) is 10.4. The highest BCUT2D eigenvalue weighted by Crippen LogP contribution is 2.12. The number of carbonyl (C=O) groups is 1. The van der Waals surface area contributed by atoms with Gasteiger partial charge in [-0.1, -0.05) is 0 Å². The molecule has 6 nitrogen and oxygen atoms in total. The van der Waals surface area contributed by atoms with E-state index >= 15 is 0 Å². The molecule has 0 saturated heterocycles. The van der Waals surface area contributed by atoms with Gasteiger partial charge in [0.15, 0.2) is 5.75 Å². The molecule has 0 bridgehead atoms. The Morgan fingerprint density at radius 3 is 3.05 bits per heavy atom. The minimum absolute atomic E-state index is 0.108. The lowest BCUT2D eigenvalue weighted by Crippen LogP contribution is -2.20. The summed E-state index contributed by atoms with van der Waals surface area (Å²) in [6.07, 6.45) is 1.53. The van der Waals surface area contributed by atoms with Gasteiger partial charge in [-0.3, -0.25) is 9.59 Å². The molecule has 19 heavy (non-hydrogen) atoms. The van der Waals surface area contributed by atoms with Crippen molar-refractivity contribution in [3.05, 3.63) is 44.8 Å². The zero-order valence-corrected chi connectivity index (χ0v) is 11.0. The van der Waals surface area contributed by atoms with Crippen molar-refractivity contribution in [2.75, 3.05) is 7.11 Å². The molecule has 2 aromatic rings. The third-order valence-electron chi connectivity index (χ3n) is 2.44. The molecule has 7 heteroatoms. The monoisotopic (exact) mass is 280 g/mol. The van der Waals surface area contributed by atoms with Crippen LogP contribution in [0.3, 0.4) is 0 Å². The maximum absolute atomic E-state index is 11.9. The van der Waals surface area contributed by atoms with Crippen molar-refractivity contribution in [2.24, 2.45) is 0 Å². The Labute approximate surface area is 112 Å². The number of pyridine rings is 1. The zero-order valence-electron chi connectivity index (χ0n) is 10.2. The summed E-state index contributed by atoms with van der Waals surface area (Å²) in [5, 5.41) is 11.0. The van der Waals surface area contributed by atoms with Crippen LogP contribution < -0.4 is 10.3 Å². The molecule has 0 aromatic carbocycles. The second-order valence-electron chi connectivity index (χ2n) is 3.81. The standard InChI is InChI=1S/C12H12N2O4S/c1-18-9-3-2-4-14(12(9)17)6-10-13-8(7-19-10)5-11(15)16/h2-4,7H,5-6H2,1H3,(H,15,16). The fourth-order valence-corrected chi connectivity index (χ4v) is 2.39. The molecule has 2 aromatic heterocycles. The average molecular weight is 280 g/mol. The molecule has 0 fully saturated rings. The largest absolute Gasteiger partial charge is 0.491 e. The number of aromatic nitrogens is 2. The van der Waals surface area contributed by atoms with Crippen LogP contribution >= 0.6 is 11.3 Å². The highest BCUT2D eigenvalue weighted by Gasteiger charge is 2.08. The molecule has 2 heterocycles. The number of rotatable bonds is 5. The van der Waals surface area contributed by atoms with Crippen molar-refractivity contribution in [3.8, 4) is 5.75 Å². The summed E-state index contributed by atoms with van der Waals surface area (Å²) in [7, 11) is 1.44. The average Bonchev–Trinajstić information content (AvgIpc) is 2.78. The van der Waals surface area contributed by atoms with Crippen LogP contribution in [0.2, 0.25) is 0 Å². The number of carboxylic acid groups (broad SMARTS) is 1. The van der Waals surface area contributed by atoms with Crippen molar-refractivity contribution in [1.29, 1.82) is 0 Å². The van der Waals surface area contributed by atoms with Crippen molar-refractivity contribution in [1.82, 2.24) is 9.55 Å². The Morgan fingerprint density at radius 1 is 1.58 bits per heavy atom. The van der Waals surface area contributed by atoms with E-state index in [2.05, 4.69) is 4.98 Å². The quantitative estimate of drug-likeness (QED) is 0.883. The van der Waals surface area contributed by atoms with Gasteiger partial charge in [0.2, 0.25) is 0 Å². The Morgan fingerprint density at radius 2 is 2.37 bits per heavy atom. The lowest BCUT2D eigenvalue weighted by atomic mass is 10.3. The van der Waals surface area contributed by atoms with Crippen LogP contribution in [-0.2, 0) is 17.8 Å². The highest BCUT2D eigenvalue weighted by atomic mass is 32.1. The second-order valence-corrected chi connectivity index (χ2v) is 4.76. The first-order valence-electron chi connectivity index (χ1n) is 5.48. The van der Waals surface area contributed by atoms with Crippen LogP contribution in [0.1, 0.15) is 10.7 Å². The van der Waals surface area contributed by atoms with Crippen molar-refractivity contribution in [3.63, 3.8) is 0 Å². The van der Waals surface area contributed by atoms with Gasteiger partial charge in [0.1, 0.15) is 5.01 Å². The van der Waals surface area contributed by atoms with Gasteiger partial charge >= 0.3 is 5.97 Å². The Kier molecular flexibility index (Phi) is 3.96. The molecule has 0 amide bonds. The first-order valence-corrected chi connectivity index (χ1v) is 6.36. The molecule has 100 valence electrons. The molecule has 0 unspecified atom stereocenters. The van der Waals surface area contributed by atoms with E-state index < -0.39 is 5.97 Å². The van der Waals surface area contributed by atoms with Gasteiger partial charge in [-0.2, -0.15) is 0 Å². The van der Waals surface area contributed by atoms with Gasteiger partial charge in [-0.25, -0.2) is 4.98 Å². The van der Waals surface area contributed by atoms with E-state index in [0.717, 1.165) is 0 Å². The minimum atomic E-state index is -0.921. The van der Waals surface area contributed by atoms with Gasteiger partial charge in [0.25, 0.3) is 5.56 Å². The second kappa shape index (κ2) is 5.66. The van der Waals surface area contributed by atoms with Crippen molar-refractivity contribution < 1.29 is 14.6 Å². The predicted molar refractivity (Wildman–Crippen MR) is 69.8 cm³/mol. The number of hydrogen-bond acceptors (Lipinski definition) is 5. The van der Waals surface area contributed by atoms with Crippen LogP contribution in [0.4, 0.5) is 0 Å². The summed E-state index contributed by atoms with van der Waals surface area (Å²) in [6.45, 7) is 0.306. The van der Waals surface area contributed by atoms with Gasteiger partial charge < -0.3 is 14.4 Å². The Balaban J connectivity index is 2.19. The molecule has 0 aliphatic rings. The summed E-state index contributed by atoms with van der Waals surface area (Å²) < 4.78 is 6.43. The van der Waals surface area contributed by atoms with Gasteiger partial charge in [-0.15, -0.1) is 11.3 Å². The molecule has 0 atom stereocenters. The lowest BCUT2D eigenvalue weighted by Gasteiger charge is -2.05. The van der Waals surface area contributed by atoms with Gasteiger partial charge in [0, 0.05) is 11.6 Å². The predicted octanol–water partition coefficient (Wildman–Crippen LogP) is 0.989. The molecule has 0 aliphatic carbocycles. The third kappa shape index (κ3) is 3.19. The summed E-state index contributed by atoms with van der Waals surface area (Å²) in [5.41, 5.74) is 0.267. The number of ether oxygens (including phenoxy) is 1. The van der Waals surface area contributed by atoms with Crippen LogP contribution in [0, 0.1) is 0 Å². The molecule has 2 rings (SSSR count). The van der Waals surface area contributed by atoms with Crippen LogP contribution in [0.15, 0.2) is 28.5 Å². The molecular weight excluding hydrogens is 268 g/mol.